The molecule has 0 aliphatic rings. The number of aromatic nitrogens is 2. The van der Waals surface area contributed by atoms with Crippen molar-refractivity contribution in [3.05, 3.63) is 45.3 Å². The fourth-order valence-electron chi connectivity index (χ4n) is 2.09. The molecule has 2 heterocycles. The molecule has 20 heavy (non-hydrogen) atoms. The molecule has 0 saturated carbocycles. The molecule has 0 unspecified atom stereocenters. The second kappa shape index (κ2) is 5.13. The normalized spacial score (nSPS) is 10.9. The lowest BCUT2D eigenvalue weighted by Crippen LogP contribution is -1.89. The monoisotopic (exact) mass is 323 g/mol. The van der Waals surface area contributed by atoms with Gasteiger partial charge in [0.25, 0.3) is 0 Å². The first-order valence-electron chi connectivity index (χ1n) is 5.91. The van der Waals surface area contributed by atoms with Gasteiger partial charge in [-0.25, -0.2) is 0 Å². The highest BCUT2D eigenvalue weighted by atomic mass is 35.5. The van der Waals surface area contributed by atoms with Crippen molar-refractivity contribution in [3.8, 4) is 21.7 Å². The first-order valence-corrected chi connectivity index (χ1v) is 7.55. The Bertz CT molecular complexity index is 777. The molecule has 3 aromatic rings. The molecule has 0 aliphatic heterocycles. The van der Waals surface area contributed by atoms with E-state index in [1.807, 2.05) is 11.4 Å². The first kappa shape index (κ1) is 13.5. The number of hydrogen-bond acceptors (Lipinski definition) is 3. The van der Waals surface area contributed by atoms with Gasteiger partial charge in [-0.15, -0.1) is 11.3 Å². The number of nitrogen functional groups attached to an aromatic ring is 1. The number of aromatic amines is 1. The molecule has 0 atom stereocenters. The van der Waals surface area contributed by atoms with Crippen molar-refractivity contribution in [2.45, 2.75) is 6.92 Å². The van der Waals surface area contributed by atoms with Crippen LogP contribution < -0.4 is 5.73 Å². The fourth-order valence-corrected chi connectivity index (χ4v) is 3.32. The molecule has 1 aromatic carbocycles. The lowest BCUT2D eigenvalue weighted by atomic mass is 10.0. The van der Waals surface area contributed by atoms with Crippen molar-refractivity contribution in [2.75, 3.05) is 5.73 Å². The lowest BCUT2D eigenvalue weighted by Gasteiger charge is -2.05. The summed E-state index contributed by atoms with van der Waals surface area (Å²) in [5.41, 5.74) is 9.85. The minimum Gasteiger partial charge on any atom is -0.382 e. The first-order chi connectivity index (χ1) is 9.58. The van der Waals surface area contributed by atoms with Crippen molar-refractivity contribution in [1.82, 2.24) is 10.2 Å². The van der Waals surface area contributed by atoms with Gasteiger partial charge in [0.2, 0.25) is 0 Å². The van der Waals surface area contributed by atoms with E-state index in [1.54, 1.807) is 23.5 Å². The molecule has 0 saturated heterocycles. The van der Waals surface area contributed by atoms with E-state index >= 15 is 0 Å². The minimum atomic E-state index is 0.450. The number of benzene rings is 1. The summed E-state index contributed by atoms with van der Waals surface area (Å²) in [6.45, 7) is 2.06. The van der Waals surface area contributed by atoms with Crippen molar-refractivity contribution in [2.24, 2.45) is 0 Å². The van der Waals surface area contributed by atoms with E-state index < -0.39 is 0 Å². The van der Waals surface area contributed by atoms with E-state index in [9.17, 15) is 0 Å². The molecular formula is C14H11Cl2N3S. The summed E-state index contributed by atoms with van der Waals surface area (Å²) in [6, 6.07) is 7.52. The largest absolute Gasteiger partial charge is 0.382 e. The van der Waals surface area contributed by atoms with Crippen LogP contribution in [-0.2, 0) is 0 Å². The Morgan fingerprint density at radius 3 is 2.65 bits per heavy atom. The van der Waals surface area contributed by atoms with Gasteiger partial charge in [-0.3, -0.25) is 5.10 Å². The summed E-state index contributed by atoms with van der Waals surface area (Å²) >= 11 is 13.7. The van der Waals surface area contributed by atoms with Crippen LogP contribution in [0.1, 0.15) is 5.56 Å². The Hall–Kier alpha value is -1.49. The van der Waals surface area contributed by atoms with Crippen molar-refractivity contribution >= 4 is 40.4 Å². The maximum atomic E-state index is 6.09. The number of nitrogens with one attached hydrogen (secondary N) is 1. The standard InChI is InChI=1S/C14H11Cl2N3S/c1-7-4-5-20-13(7)12-11(14(17)19-18-12)8-2-3-9(15)10(16)6-8/h2-6H,1H3,(H3,17,18,19). The molecule has 0 spiro atoms. The zero-order valence-corrected chi connectivity index (χ0v) is 12.9. The zero-order chi connectivity index (χ0) is 14.3. The molecular weight excluding hydrogens is 313 g/mol. The average molecular weight is 324 g/mol. The second-order valence-electron chi connectivity index (χ2n) is 4.42. The van der Waals surface area contributed by atoms with Gasteiger partial charge < -0.3 is 5.73 Å². The van der Waals surface area contributed by atoms with Crippen LogP contribution in [-0.4, -0.2) is 10.2 Å². The number of halogens is 2. The predicted molar refractivity (Wildman–Crippen MR) is 86.5 cm³/mol. The SMILES string of the molecule is Cc1ccsc1-c1[nH]nc(N)c1-c1ccc(Cl)c(Cl)c1. The van der Waals surface area contributed by atoms with Gasteiger partial charge >= 0.3 is 0 Å². The van der Waals surface area contributed by atoms with Crippen LogP contribution in [0, 0.1) is 6.92 Å². The van der Waals surface area contributed by atoms with Crippen molar-refractivity contribution in [1.29, 1.82) is 0 Å². The average Bonchev–Trinajstić information content (AvgIpc) is 2.99. The Balaban J connectivity index is 2.21. The molecule has 6 heteroatoms. The van der Waals surface area contributed by atoms with Gasteiger partial charge in [-0.2, -0.15) is 5.10 Å². The van der Waals surface area contributed by atoms with Crippen LogP contribution in [0.3, 0.4) is 0 Å². The van der Waals surface area contributed by atoms with E-state index in [0.29, 0.717) is 15.9 Å². The Labute approximate surface area is 130 Å². The third-order valence-electron chi connectivity index (χ3n) is 3.09. The Morgan fingerprint density at radius 2 is 2.00 bits per heavy atom. The lowest BCUT2D eigenvalue weighted by molar-refractivity contribution is 1.10. The van der Waals surface area contributed by atoms with Crippen LogP contribution >= 0.6 is 34.5 Å². The number of anilines is 1. The van der Waals surface area contributed by atoms with Crippen LogP contribution in [0.15, 0.2) is 29.6 Å². The number of thiophene rings is 1. The quantitative estimate of drug-likeness (QED) is 0.697. The third-order valence-corrected chi connectivity index (χ3v) is 4.86. The molecule has 3 rings (SSSR count). The predicted octanol–water partition coefficient (Wildman–Crippen LogP) is 5.00. The van der Waals surface area contributed by atoms with Gasteiger partial charge in [-0.1, -0.05) is 29.3 Å². The van der Waals surface area contributed by atoms with E-state index in [-0.39, 0.29) is 0 Å². The number of hydrogen-bond donors (Lipinski definition) is 2. The van der Waals surface area contributed by atoms with Crippen LogP contribution in [0.4, 0.5) is 5.82 Å². The smallest absolute Gasteiger partial charge is 0.153 e. The topological polar surface area (TPSA) is 54.7 Å². The number of nitrogens with two attached hydrogens (primary N) is 1. The molecule has 0 amide bonds. The van der Waals surface area contributed by atoms with E-state index in [0.717, 1.165) is 21.7 Å². The number of aryl methyl sites for hydroxylation is 1. The molecule has 2 aromatic heterocycles. The molecule has 102 valence electrons. The second-order valence-corrected chi connectivity index (χ2v) is 6.15. The van der Waals surface area contributed by atoms with Crippen LogP contribution in [0.5, 0.6) is 0 Å². The number of H-pyrrole nitrogens is 1. The maximum Gasteiger partial charge on any atom is 0.153 e. The summed E-state index contributed by atoms with van der Waals surface area (Å²) in [5.74, 6) is 0.450. The summed E-state index contributed by atoms with van der Waals surface area (Å²) in [7, 11) is 0. The van der Waals surface area contributed by atoms with Gasteiger partial charge in [0.05, 0.1) is 26.2 Å². The van der Waals surface area contributed by atoms with Gasteiger partial charge in [0, 0.05) is 0 Å². The van der Waals surface area contributed by atoms with E-state index in [4.69, 9.17) is 28.9 Å². The Morgan fingerprint density at radius 1 is 1.20 bits per heavy atom. The Kier molecular flexibility index (Phi) is 3.46. The molecule has 3 N–H and O–H groups in total. The fraction of sp³-hybridized carbons (Fsp3) is 0.0714. The molecule has 3 nitrogen and oxygen atoms in total. The zero-order valence-electron chi connectivity index (χ0n) is 10.6. The molecule has 0 radical (unpaired) electrons. The van der Waals surface area contributed by atoms with Gasteiger partial charge in [0.15, 0.2) is 5.82 Å². The summed E-state index contributed by atoms with van der Waals surface area (Å²) in [5, 5.41) is 10.2. The summed E-state index contributed by atoms with van der Waals surface area (Å²) < 4.78 is 0. The van der Waals surface area contributed by atoms with Crippen LogP contribution in [0.25, 0.3) is 21.7 Å². The third kappa shape index (κ3) is 2.20. The highest BCUT2D eigenvalue weighted by Gasteiger charge is 2.17. The van der Waals surface area contributed by atoms with Crippen LogP contribution in [0.2, 0.25) is 10.0 Å². The molecule has 0 bridgehead atoms. The number of nitrogens with zero attached hydrogens (tertiary/aromatic N) is 1. The maximum absolute atomic E-state index is 6.09. The minimum absolute atomic E-state index is 0.450. The molecule has 0 aliphatic carbocycles. The van der Waals surface area contributed by atoms with Crippen molar-refractivity contribution < 1.29 is 0 Å². The van der Waals surface area contributed by atoms with E-state index in [1.165, 1.54) is 5.56 Å². The highest BCUT2D eigenvalue weighted by molar-refractivity contribution is 7.13. The highest BCUT2D eigenvalue weighted by Crippen LogP contribution is 2.40. The summed E-state index contributed by atoms with van der Waals surface area (Å²) in [4.78, 5) is 1.12. The molecule has 0 fully saturated rings. The van der Waals surface area contributed by atoms with Crippen molar-refractivity contribution in [3.63, 3.8) is 0 Å². The van der Waals surface area contributed by atoms with E-state index in [2.05, 4.69) is 23.2 Å². The van der Waals surface area contributed by atoms with Gasteiger partial charge in [0.1, 0.15) is 0 Å². The summed E-state index contributed by atoms with van der Waals surface area (Å²) in [6.07, 6.45) is 0. The van der Waals surface area contributed by atoms with Gasteiger partial charge in [-0.05, 0) is 41.6 Å². The number of rotatable bonds is 2.